The van der Waals surface area contributed by atoms with E-state index in [0.717, 1.165) is 0 Å². The highest BCUT2D eigenvalue weighted by atomic mass is 16.5. The van der Waals surface area contributed by atoms with Gasteiger partial charge in [0.1, 0.15) is 0 Å². The molecule has 5 heteroatoms. The van der Waals surface area contributed by atoms with Gasteiger partial charge in [-0.2, -0.15) is 0 Å². The molecule has 2 aliphatic carbocycles. The largest absolute Gasteiger partial charge is 0.504 e. The zero-order chi connectivity index (χ0) is 17.7. The van der Waals surface area contributed by atoms with Crippen molar-refractivity contribution in [2.75, 3.05) is 13.6 Å². The van der Waals surface area contributed by atoms with E-state index in [0.29, 0.717) is 36.9 Å². The van der Waals surface area contributed by atoms with Gasteiger partial charge in [-0.3, -0.25) is 4.79 Å². The lowest BCUT2D eigenvalue weighted by atomic mass is 9.49. The van der Waals surface area contributed by atoms with Crippen LogP contribution in [0.15, 0.2) is 12.1 Å². The van der Waals surface area contributed by atoms with Gasteiger partial charge in [-0.1, -0.05) is 6.04 Å². The minimum atomic E-state index is -1.12. The third kappa shape index (κ3) is 1.13. The number of aliphatic hydroxyl groups is 1. The highest BCUT2D eigenvalue weighted by Gasteiger charge is 2.72. The monoisotopic (exact) mass is 304 g/mol. The highest BCUT2D eigenvalue weighted by Crippen LogP contribution is 2.64. The van der Waals surface area contributed by atoms with Crippen molar-refractivity contribution in [2.24, 2.45) is 0 Å². The van der Waals surface area contributed by atoms with Crippen molar-refractivity contribution >= 4 is 5.78 Å². The number of nitrogens with zero attached hydrogens (tertiary/aromatic N) is 1. The number of Topliss-reactive ketones (excluding diaryl/α,β-unsaturated/α-hetero) is 1. The van der Waals surface area contributed by atoms with Gasteiger partial charge >= 0.3 is 0 Å². The number of ether oxygens (including phenoxy) is 1. The van der Waals surface area contributed by atoms with Crippen molar-refractivity contribution < 1.29 is 22.5 Å². The second-order valence-electron chi connectivity index (χ2n) is 7.07. The topological polar surface area (TPSA) is 70.0 Å². The fourth-order valence-corrected chi connectivity index (χ4v) is 5.37. The first kappa shape index (κ1) is 10.2. The van der Waals surface area contributed by atoms with Gasteiger partial charge in [0.15, 0.2) is 23.4 Å². The zero-order valence-corrected chi connectivity index (χ0v) is 12.3. The highest BCUT2D eigenvalue weighted by molar-refractivity contribution is 5.90. The van der Waals surface area contributed by atoms with E-state index in [1.165, 1.54) is 0 Å². The fourth-order valence-electron chi connectivity index (χ4n) is 5.37. The molecule has 0 unspecified atom stereocenters. The predicted octanol–water partition coefficient (Wildman–Crippen LogP) is 0.745. The van der Waals surface area contributed by atoms with Gasteiger partial charge in [-0.15, -0.1) is 0 Å². The summed E-state index contributed by atoms with van der Waals surface area (Å²) in [5, 5.41) is 16.4. The van der Waals surface area contributed by atoms with Crippen molar-refractivity contribution in [3.63, 3.8) is 0 Å². The summed E-state index contributed by atoms with van der Waals surface area (Å²) in [6, 6.07) is -0.410. The number of likely N-dealkylation sites (tertiary alicyclic amines) is 1. The molecular weight excluding hydrogens is 282 g/mol. The summed E-state index contributed by atoms with van der Waals surface area (Å²) >= 11 is 0. The molecule has 1 saturated carbocycles. The third-order valence-corrected chi connectivity index (χ3v) is 6.35. The van der Waals surface area contributed by atoms with E-state index in [1.54, 1.807) is 0 Å². The van der Waals surface area contributed by atoms with Crippen LogP contribution >= 0.6 is 0 Å². The van der Waals surface area contributed by atoms with Gasteiger partial charge in [-0.05, 0) is 44.5 Å². The Kier molecular flexibility index (Phi) is 1.70. The smallest absolute Gasteiger partial charge is 0.293 e. The van der Waals surface area contributed by atoms with E-state index in [-0.39, 0.29) is 41.8 Å². The van der Waals surface area contributed by atoms with Crippen molar-refractivity contribution in [1.82, 2.24) is 4.90 Å². The first-order valence-electron chi connectivity index (χ1n) is 9.19. The number of carbonyl (C=O) groups is 1. The zero-order valence-electron chi connectivity index (χ0n) is 15.3. The Bertz CT molecular complexity index is 831. The molecule has 116 valence electrons. The Labute approximate surface area is 132 Å². The molecule has 4 atom stereocenters. The minimum Gasteiger partial charge on any atom is -0.504 e. The van der Waals surface area contributed by atoms with Crippen LogP contribution in [-0.2, 0) is 16.6 Å². The van der Waals surface area contributed by atoms with E-state index in [9.17, 15) is 9.90 Å². The normalized spacial score (nSPS) is 43.7. The third-order valence-electron chi connectivity index (χ3n) is 6.35. The second-order valence-corrected chi connectivity index (χ2v) is 7.07. The molecule has 1 saturated heterocycles. The number of aromatic hydroxyl groups is 1. The summed E-state index contributed by atoms with van der Waals surface area (Å²) in [6.45, 7) is 0.714. The summed E-state index contributed by atoms with van der Waals surface area (Å²) < 4.78 is 29.9. The molecular formula is C17H19NO4. The summed E-state index contributed by atoms with van der Waals surface area (Å²) in [5.41, 5.74) is -0.731. The Hall–Kier alpha value is -1.59. The average molecular weight is 304 g/mol. The van der Waals surface area contributed by atoms with Crippen molar-refractivity contribution in [3.8, 4) is 11.5 Å². The summed E-state index contributed by atoms with van der Waals surface area (Å²) in [5.74, 6) is 0.0266. The van der Waals surface area contributed by atoms with E-state index in [2.05, 4.69) is 10.0 Å². The molecule has 2 N–H and O–H groups in total. The van der Waals surface area contributed by atoms with Gasteiger partial charge in [0, 0.05) is 18.0 Å². The summed E-state index contributed by atoms with van der Waals surface area (Å²) in [7, 11) is 1.95. The Morgan fingerprint density at radius 1 is 1.50 bits per heavy atom. The molecule has 2 fully saturated rings. The summed E-state index contributed by atoms with van der Waals surface area (Å²) in [6.07, 6.45) is 0.763. The number of hydrogen-bond acceptors (Lipinski definition) is 5. The van der Waals surface area contributed by atoms with E-state index in [4.69, 9.17) is 8.91 Å². The second kappa shape index (κ2) is 3.66. The number of ketones is 1. The first-order chi connectivity index (χ1) is 11.9. The number of benzene rings is 1. The van der Waals surface area contributed by atoms with E-state index >= 15 is 0 Å². The maximum atomic E-state index is 12.7. The number of phenols is 1. The van der Waals surface area contributed by atoms with Gasteiger partial charge < -0.3 is 19.9 Å². The summed E-state index contributed by atoms with van der Waals surface area (Å²) in [4.78, 5) is 14.8. The van der Waals surface area contributed by atoms with Crippen LogP contribution in [0, 0.1) is 0 Å². The Morgan fingerprint density at radius 3 is 3.18 bits per heavy atom. The lowest BCUT2D eigenvalue weighted by Gasteiger charge is -2.61. The maximum absolute atomic E-state index is 12.7. The molecule has 0 amide bonds. The predicted molar refractivity (Wildman–Crippen MR) is 78.1 cm³/mol. The number of carbonyl (C=O) groups excluding carboxylic acids is 1. The van der Waals surface area contributed by atoms with Gasteiger partial charge in [0.25, 0.3) is 1.43 Å². The number of phenolic OH excluding ortho intramolecular Hbond substituents is 1. The van der Waals surface area contributed by atoms with Crippen LogP contribution in [0.2, 0.25) is 0 Å². The molecule has 4 aliphatic rings. The van der Waals surface area contributed by atoms with Crippen molar-refractivity contribution in [3.05, 3.63) is 23.2 Å². The molecule has 0 radical (unpaired) electrons. The van der Waals surface area contributed by atoms with Crippen LogP contribution in [0.5, 0.6) is 11.5 Å². The maximum Gasteiger partial charge on any atom is 0.293 e. The quantitative estimate of drug-likeness (QED) is 0.801. The molecule has 2 bridgehead atoms. The molecule has 2 aliphatic heterocycles. The van der Waals surface area contributed by atoms with E-state index in [1.807, 2.05) is 7.05 Å². The number of likely N-dealkylation sites (N-methyl/N-ethyl adjacent to an activating group) is 1. The molecule has 0 aromatic heterocycles. The van der Waals surface area contributed by atoms with Gasteiger partial charge in [0.05, 0.1) is 13.8 Å². The fraction of sp³-hybridized carbons (Fsp3) is 0.588. The van der Waals surface area contributed by atoms with Crippen molar-refractivity contribution in [2.45, 2.75) is 48.8 Å². The number of piperidine rings is 1. The molecule has 1 aromatic rings. The molecule has 2 heterocycles. The SMILES string of the molecule is [2H]Oc1c([2H])c([2H])c2c3c1O[C@H]1C(=O)CC[C@@]4(O)[C@@H](C2)N(C)CC[C@]314. The lowest BCUT2D eigenvalue weighted by Crippen LogP contribution is -2.76. The van der Waals surface area contributed by atoms with Crippen LogP contribution in [-0.4, -0.2) is 53.7 Å². The van der Waals surface area contributed by atoms with Crippen molar-refractivity contribution in [1.29, 1.82) is 1.43 Å². The number of rotatable bonds is 1. The standard InChI is InChI=1S/C17H19NO4/c1-18-7-6-16-13-9-2-3-10(19)14(13)22-15(16)11(20)4-5-17(16,21)12(18)8-9/h2-3,12,15,19,21H,4-8H2,1H3/t12-,15+,16+,17-/m1/s1/i2D,3D/hD. The number of hydrogen-bond donors (Lipinski definition) is 2. The Balaban J connectivity index is 1.91. The lowest BCUT2D eigenvalue weighted by molar-refractivity contribution is -0.185. The Morgan fingerprint density at radius 2 is 2.36 bits per heavy atom. The van der Waals surface area contributed by atoms with Crippen LogP contribution in [0.3, 0.4) is 0 Å². The van der Waals surface area contributed by atoms with Crippen LogP contribution in [0.4, 0.5) is 0 Å². The first-order valence-corrected chi connectivity index (χ1v) is 7.78. The van der Waals surface area contributed by atoms with Crippen LogP contribution in [0.1, 0.15) is 33.1 Å². The van der Waals surface area contributed by atoms with Crippen LogP contribution < -0.4 is 4.74 Å². The average Bonchev–Trinajstić information content (AvgIpc) is 2.92. The molecule has 5 nitrogen and oxygen atoms in total. The minimum absolute atomic E-state index is 0.00463. The molecule has 5 rings (SSSR count). The molecule has 1 aromatic carbocycles. The molecule has 1 spiro atoms. The molecule has 22 heavy (non-hydrogen) atoms. The van der Waals surface area contributed by atoms with E-state index < -0.39 is 17.1 Å². The van der Waals surface area contributed by atoms with Gasteiger partial charge in [-0.25, -0.2) is 0 Å². The van der Waals surface area contributed by atoms with Crippen LogP contribution in [0.25, 0.3) is 0 Å². The van der Waals surface area contributed by atoms with Gasteiger partial charge in [0.2, 0.25) is 0 Å².